The Morgan fingerprint density at radius 1 is 1.13 bits per heavy atom. The van der Waals surface area contributed by atoms with Crippen LogP contribution in [0, 0.1) is 17.7 Å². The lowest BCUT2D eigenvalue weighted by Crippen LogP contribution is -2.43. The van der Waals surface area contributed by atoms with Gasteiger partial charge < -0.3 is 4.90 Å². The molecule has 0 aromatic heterocycles. The van der Waals surface area contributed by atoms with Crippen molar-refractivity contribution in [3.05, 3.63) is 70.5 Å². The summed E-state index contributed by atoms with van der Waals surface area (Å²) in [5.74, 6) is 0.380. The maximum atomic E-state index is 14.0. The molecule has 1 heterocycles. The number of carbonyl (C=O) groups excluding carboxylic acids is 1. The molecule has 0 aliphatic carbocycles. The van der Waals surface area contributed by atoms with Crippen molar-refractivity contribution >= 4 is 17.5 Å². The zero-order valence-electron chi connectivity index (χ0n) is 18.3. The van der Waals surface area contributed by atoms with E-state index in [9.17, 15) is 9.18 Å². The monoisotopic (exact) mass is 430 g/mol. The molecule has 1 aliphatic heterocycles. The van der Waals surface area contributed by atoms with E-state index in [1.807, 2.05) is 36.9 Å². The van der Waals surface area contributed by atoms with Crippen LogP contribution >= 0.6 is 11.6 Å². The van der Waals surface area contributed by atoms with E-state index in [0.29, 0.717) is 6.54 Å². The van der Waals surface area contributed by atoms with Crippen LogP contribution in [0.4, 0.5) is 4.39 Å². The van der Waals surface area contributed by atoms with E-state index < -0.39 is 0 Å². The molecule has 0 radical (unpaired) electrons. The summed E-state index contributed by atoms with van der Waals surface area (Å²) in [5, 5.41) is 0.732. The second-order valence-electron chi connectivity index (χ2n) is 8.98. The van der Waals surface area contributed by atoms with Gasteiger partial charge in [0.05, 0.1) is 0 Å². The number of rotatable bonds is 7. The maximum absolute atomic E-state index is 14.0. The van der Waals surface area contributed by atoms with Gasteiger partial charge in [-0.15, -0.1) is 0 Å². The van der Waals surface area contributed by atoms with Gasteiger partial charge in [-0.2, -0.15) is 0 Å². The summed E-state index contributed by atoms with van der Waals surface area (Å²) in [6.45, 7) is 11.3. The predicted molar refractivity (Wildman–Crippen MR) is 121 cm³/mol. The summed E-state index contributed by atoms with van der Waals surface area (Å²) in [4.78, 5) is 17.2. The molecular formula is C25H32ClFN2O. The summed E-state index contributed by atoms with van der Waals surface area (Å²) in [7, 11) is 0. The molecule has 30 heavy (non-hydrogen) atoms. The van der Waals surface area contributed by atoms with Gasteiger partial charge in [0.1, 0.15) is 5.82 Å². The molecule has 2 atom stereocenters. The summed E-state index contributed by atoms with van der Waals surface area (Å²) in [5.41, 5.74) is 2.22. The highest BCUT2D eigenvalue weighted by molar-refractivity contribution is 6.30. The van der Waals surface area contributed by atoms with Crippen LogP contribution in [0.5, 0.6) is 0 Å². The topological polar surface area (TPSA) is 23.6 Å². The molecule has 2 aromatic rings. The van der Waals surface area contributed by atoms with E-state index in [-0.39, 0.29) is 35.5 Å². The van der Waals surface area contributed by atoms with Gasteiger partial charge in [0.2, 0.25) is 5.91 Å². The van der Waals surface area contributed by atoms with Gasteiger partial charge in [-0.3, -0.25) is 9.69 Å². The number of nitrogens with zero attached hydrogens (tertiary/aromatic N) is 2. The molecule has 1 fully saturated rings. The molecule has 0 unspecified atom stereocenters. The van der Waals surface area contributed by atoms with Crippen LogP contribution in [0.1, 0.15) is 44.7 Å². The second-order valence-corrected chi connectivity index (χ2v) is 9.42. The normalized spacial score (nSPS) is 19.6. The van der Waals surface area contributed by atoms with Gasteiger partial charge in [-0.1, -0.05) is 49.7 Å². The Kier molecular flexibility index (Phi) is 7.54. The van der Waals surface area contributed by atoms with Crippen LogP contribution in [-0.2, 0) is 11.3 Å². The molecule has 3 nitrogen and oxygen atoms in total. The Labute approximate surface area is 184 Å². The second kappa shape index (κ2) is 9.93. The smallest absolute Gasteiger partial charge is 0.225 e. The zero-order valence-corrected chi connectivity index (χ0v) is 19.1. The van der Waals surface area contributed by atoms with Gasteiger partial charge in [-0.25, -0.2) is 4.39 Å². The van der Waals surface area contributed by atoms with Gasteiger partial charge in [0, 0.05) is 49.1 Å². The first-order valence-corrected chi connectivity index (χ1v) is 11.1. The highest BCUT2D eigenvalue weighted by Crippen LogP contribution is 2.35. The highest BCUT2D eigenvalue weighted by atomic mass is 35.5. The number of carbonyl (C=O) groups is 1. The largest absolute Gasteiger partial charge is 0.340 e. The van der Waals surface area contributed by atoms with E-state index in [0.717, 1.165) is 30.2 Å². The molecule has 0 N–H and O–H groups in total. The van der Waals surface area contributed by atoms with Crippen molar-refractivity contribution in [1.82, 2.24) is 9.80 Å². The minimum absolute atomic E-state index is 0.0356. The van der Waals surface area contributed by atoms with Gasteiger partial charge in [0.25, 0.3) is 0 Å². The summed E-state index contributed by atoms with van der Waals surface area (Å²) in [6.07, 6.45) is 0. The Hall–Kier alpha value is -1.91. The van der Waals surface area contributed by atoms with E-state index in [1.54, 1.807) is 12.1 Å². The average molecular weight is 431 g/mol. The number of amides is 1. The summed E-state index contributed by atoms with van der Waals surface area (Å²) < 4.78 is 14.0. The van der Waals surface area contributed by atoms with E-state index in [2.05, 4.69) is 30.9 Å². The van der Waals surface area contributed by atoms with Crippen molar-refractivity contribution in [2.45, 2.75) is 46.2 Å². The number of halogens is 2. The highest BCUT2D eigenvalue weighted by Gasteiger charge is 2.36. The lowest BCUT2D eigenvalue weighted by Gasteiger charge is -2.33. The maximum Gasteiger partial charge on any atom is 0.225 e. The van der Waals surface area contributed by atoms with Crippen molar-refractivity contribution in [1.29, 1.82) is 0 Å². The van der Waals surface area contributed by atoms with Crippen LogP contribution in [0.25, 0.3) is 0 Å². The molecule has 162 valence electrons. The molecule has 0 spiro atoms. The van der Waals surface area contributed by atoms with Crippen molar-refractivity contribution in [2.75, 3.05) is 19.6 Å². The molecule has 3 rings (SSSR count). The van der Waals surface area contributed by atoms with E-state index in [1.165, 1.54) is 11.6 Å². The van der Waals surface area contributed by atoms with Gasteiger partial charge >= 0.3 is 0 Å². The van der Waals surface area contributed by atoms with Crippen molar-refractivity contribution in [3.63, 3.8) is 0 Å². The molecule has 0 bridgehead atoms. The minimum atomic E-state index is -0.207. The molecule has 1 aliphatic rings. The molecule has 2 aromatic carbocycles. The standard InChI is InChI=1S/C25H32ClFN2O/c1-17(2)25(30)29(18(3)4)15-21-14-28(13-19-8-10-22(26)11-9-19)16-24(21)20-6-5-7-23(27)12-20/h5-12,17-18,21,24H,13-16H2,1-4H3/t21-,24+/m1/s1. The lowest BCUT2D eigenvalue weighted by molar-refractivity contribution is -0.136. The van der Waals surface area contributed by atoms with Crippen LogP contribution < -0.4 is 0 Å². The van der Waals surface area contributed by atoms with Crippen LogP contribution in [-0.4, -0.2) is 41.4 Å². The first-order valence-electron chi connectivity index (χ1n) is 10.8. The lowest BCUT2D eigenvalue weighted by atomic mass is 9.88. The third-order valence-corrected chi connectivity index (χ3v) is 6.20. The van der Waals surface area contributed by atoms with Crippen molar-refractivity contribution in [3.8, 4) is 0 Å². The van der Waals surface area contributed by atoms with Crippen LogP contribution in [0.15, 0.2) is 48.5 Å². The number of hydrogen-bond acceptors (Lipinski definition) is 2. The number of hydrogen-bond donors (Lipinski definition) is 0. The van der Waals surface area contributed by atoms with Crippen LogP contribution in [0.3, 0.4) is 0 Å². The van der Waals surface area contributed by atoms with Crippen LogP contribution in [0.2, 0.25) is 5.02 Å². The Morgan fingerprint density at radius 3 is 2.43 bits per heavy atom. The quantitative estimate of drug-likeness (QED) is 0.571. The molecule has 5 heteroatoms. The molecule has 0 saturated carbocycles. The Morgan fingerprint density at radius 2 is 1.83 bits per heavy atom. The molecule has 1 amide bonds. The van der Waals surface area contributed by atoms with Crippen molar-refractivity contribution in [2.24, 2.45) is 11.8 Å². The predicted octanol–water partition coefficient (Wildman–Crippen LogP) is 5.59. The third kappa shape index (κ3) is 5.61. The molecule has 1 saturated heterocycles. The fraction of sp³-hybridized carbons (Fsp3) is 0.480. The first-order chi connectivity index (χ1) is 14.2. The fourth-order valence-electron chi connectivity index (χ4n) is 4.38. The number of benzene rings is 2. The summed E-state index contributed by atoms with van der Waals surface area (Å²) in [6, 6.07) is 15.0. The fourth-order valence-corrected chi connectivity index (χ4v) is 4.50. The Bertz CT molecular complexity index is 852. The van der Waals surface area contributed by atoms with E-state index >= 15 is 0 Å². The summed E-state index contributed by atoms with van der Waals surface area (Å²) >= 11 is 6.02. The van der Waals surface area contributed by atoms with Crippen molar-refractivity contribution < 1.29 is 9.18 Å². The Balaban J connectivity index is 1.83. The van der Waals surface area contributed by atoms with Gasteiger partial charge in [0.15, 0.2) is 0 Å². The van der Waals surface area contributed by atoms with Gasteiger partial charge in [-0.05, 0) is 55.2 Å². The average Bonchev–Trinajstić information content (AvgIpc) is 3.09. The molecular weight excluding hydrogens is 399 g/mol. The third-order valence-electron chi connectivity index (χ3n) is 5.94. The zero-order chi connectivity index (χ0) is 21.8. The number of likely N-dealkylation sites (tertiary alicyclic amines) is 1. The first kappa shape index (κ1) is 22.8. The minimum Gasteiger partial charge on any atom is -0.340 e. The van der Waals surface area contributed by atoms with E-state index in [4.69, 9.17) is 11.6 Å². The SMILES string of the molecule is CC(C)C(=O)N(C[C@H]1CN(Cc2ccc(Cl)cc2)C[C@H]1c1cccc(F)c1)C(C)C.